The van der Waals surface area contributed by atoms with E-state index in [4.69, 9.17) is 0 Å². The van der Waals surface area contributed by atoms with Crippen LogP contribution in [0.4, 0.5) is 0 Å². The summed E-state index contributed by atoms with van der Waals surface area (Å²) in [4.78, 5) is 4.49. The van der Waals surface area contributed by atoms with Gasteiger partial charge in [-0.15, -0.1) is 0 Å². The Morgan fingerprint density at radius 3 is 2.60 bits per heavy atom. The van der Waals surface area contributed by atoms with Crippen molar-refractivity contribution in [3.8, 4) is 0 Å². The second-order valence-electron chi connectivity index (χ2n) is 3.42. The van der Waals surface area contributed by atoms with Crippen LogP contribution in [0.1, 0.15) is 38.8 Å². The molecule has 15 heavy (non-hydrogen) atoms. The zero-order valence-corrected chi connectivity index (χ0v) is 10.8. The third kappa shape index (κ3) is 3.86. The Labute approximate surface area is 96.7 Å². The zero-order valence-electron chi connectivity index (χ0n) is 9.99. The molecule has 86 valence electrons. The molecule has 0 bridgehead atoms. The number of hydrogen-bond acceptors (Lipinski definition) is 3. The average molecular weight is 227 g/mol. The van der Waals surface area contributed by atoms with E-state index in [2.05, 4.69) is 35.5 Å². The van der Waals surface area contributed by atoms with Crippen molar-refractivity contribution >= 4 is 11.8 Å². The summed E-state index contributed by atoms with van der Waals surface area (Å²) in [6.07, 6.45) is 3.11. The van der Waals surface area contributed by atoms with Crippen molar-refractivity contribution in [2.24, 2.45) is 0 Å². The molecular weight excluding hydrogens is 206 g/mol. The predicted molar refractivity (Wildman–Crippen MR) is 66.4 cm³/mol. The molecule has 0 aliphatic heterocycles. The Morgan fingerprint density at radius 1 is 1.20 bits per heavy atom. The molecule has 1 rings (SSSR count). The number of nitrogens with zero attached hydrogens (tertiary/aromatic N) is 3. The maximum Gasteiger partial charge on any atom is 0.150 e. The molecule has 0 aliphatic rings. The van der Waals surface area contributed by atoms with Gasteiger partial charge in [-0.05, 0) is 17.9 Å². The van der Waals surface area contributed by atoms with Crippen molar-refractivity contribution in [1.29, 1.82) is 0 Å². The molecule has 0 saturated heterocycles. The fourth-order valence-corrected chi connectivity index (χ4v) is 2.10. The minimum atomic E-state index is 0.934. The molecule has 0 fully saturated rings. The highest BCUT2D eigenvalue weighted by Crippen LogP contribution is 2.05. The lowest BCUT2D eigenvalue weighted by atomic mass is 10.4. The van der Waals surface area contributed by atoms with Crippen LogP contribution in [0.2, 0.25) is 0 Å². The van der Waals surface area contributed by atoms with Crippen LogP contribution in [0.15, 0.2) is 0 Å². The molecule has 0 unspecified atom stereocenters. The van der Waals surface area contributed by atoms with Crippen LogP contribution in [0.5, 0.6) is 0 Å². The van der Waals surface area contributed by atoms with Gasteiger partial charge >= 0.3 is 0 Å². The molecule has 1 aromatic rings. The molecule has 0 amide bonds. The number of rotatable bonds is 7. The second kappa shape index (κ2) is 6.88. The lowest BCUT2D eigenvalue weighted by Gasteiger charge is -2.03. The fourth-order valence-electron chi connectivity index (χ4n) is 1.48. The maximum atomic E-state index is 4.49. The second-order valence-corrected chi connectivity index (χ2v) is 4.82. The smallest absolute Gasteiger partial charge is 0.150 e. The molecule has 0 radical (unpaired) electrons. The van der Waals surface area contributed by atoms with Crippen LogP contribution in [0.25, 0.3) is 0 Å². The van der Waals surface area contributed by atoms with Crippen molar-refractivity contribution in [2.75, 3.05) is 11.5 Å². The van der Waals surface area contributed by atoms with Crippen molar-refractivity contribution in [3.05, 3.63) is 11.6 Å². The summed E-state index contributed by atoms with van der Waals surface area (Å²) in [6.45, 7) is 7.46. The molecular formula is C11H21N3S. The Bertz CT molecular complexity index is 283. The van der Waals surface area contributed by atoms with E-state index in [1.165, 1.54) is 17.9 Å². The van der Waals surface area contributed by atoms with E-state index in [0.29, 0.717) is 0 Å². The number of hydrogen-bond donors (Lipinski definition) is 0. The first-order chi connectivity index (χ1) is 7.31. The minimum absolute atomic E-state index is 0.934. The summed E-state index contributed by atoms with van der Waals surface area (Å²) in [5.41, 5.74) is 0. The fraction of sp³-hybridized carbons (Fsp3) is 0.818. The van der Waals surface area contributed by atoms with Gasteiger partial charge in [-0.1, -0.05) is 20.8 Å². The molecule has 1 aromatic heterocycles. The lowest BCUT2D eigenvalue weighted by Crippen LogP contribution is -2.06. The van der Waals surface area contributed by atoms with Crippen LogP contribution >= 0.6 is 11.8 Å². The van der Waals surface area contributed by atoms with Crippen LogP contribution in [0.3, 0.4) is 0 Å². The van der Waals surface area contributed by atoms with Crippen LogP contribution in [-0.4, -0.2) is 26.3 Å². The average Bonchev–Trinajstić information content (AvgIpc) is 2.67. The third-order valence-electron chi connectivity index (χ3n) is 2.29. The first-order valence-corrected chi connectivity index (χ1v) is 6.97. The van der Waals surface area contributed by atoms with E-state index < -0.39 is 0 Å². The molecule has 0 saturated carbocycles. The first-order valence-electron chi connectivity index (χ1n) is 5.82. The van der Waals surface area contributed by atoms with E-state index in [-0.39, 0.29) is 0 Å². The van der Waals surface area contributed by atoms with Gasteiger partial charge in [-0.25, -0.2) is 9.67 Å². The summed E-state index contributed by atoms with van der Waals surface area (Å²) in [6, 6.07) is 0. The highest BCUT2D eigenvalue weighted by Gasteiger charge is 2.05. The van der Waals surface area contributed by atoms with E-state index in [0.717, 1.165) is 31.0 Å². The lowest BCUT2D eigenvalue weighted by molar-refractivity contribution is 0.571. The van der Waals surface area contributed by atoms with Crippen molar-refractivity contribution in [1.82, 2.24) is 14.8 Å². The van der Waals surface area contributed by atoms with Crippen molar-refractivity contribution in [3.63, 3.8) is 0 Å². The van der Waals surface area contributed by atoms with Gasteiger partial charge in [0.1, 0.15) is 5.82 Å². The van der Waals surface area contributed by atoms with Gasteiger partial charge in [-0.2, -0.15) is 16.9 Å². The van der Waals surface area contributed by atoms with Gasteiger partial charge in [0.25, 0.3) is 0 Å². The highest BCUT2D eigenvalue weighted by molar-refractivity contribution is 7.99. The van der Waals surface area contributed by atoms with Gasteiger partial charge in [0.05, 0.1) is 0 Å². The molecule has 1 heterocycles. The summed E-state index contributed by atoms with van der Waals surface area (Å²) in [7, 11) is 0. The van der Waals surface area contributed by atoms with Gasteiger partial charge < -0.3 is 0 Å². The highest BCUT2D eigenvalue weighted by atomic mass is 32.2. The number of thioether (sulfide) groups is 1. The summed E-state index contributed by atoms with van der Waals surface area (Å²) in [5.74, 6) is 4.54. The summed E-state index contributed by atoms with van der Waals surface area (Å²) in [5, 5.41) is 4.49. The van der Waals surface area contributed by atoms with Crippen molar-refractivity contribution < 1.29 is 0 Å². The molecule has 4 heteroatoms. The molecule has 0 aromatic carbocycles. The van der Waals surface area contributed by atoms with E-state index >= 15 is 0 Å². The van der Waals surface area contributed by atoms with E-state index in [1.54, 1.807) is 0 Å². The standard InChI is InChI=1S/C11H21N3S/c1-4-10-12-11(5-2)14(13-10)8-7-9-15-6-3/h4-9H2,1-3H3. The molecule has 3 nitrogen and oxygen atoms in total. The summed E-state index contributed by atoms with van der Waals surface area (Å²) < 4.78 is 2.08. The van der Waals surface area contributed by atoms with E-state index in [9.17, 15) is 0 Å². The SMILES string of the molecule is CCSCCCn1nc(CC)nc1CC. The number of aromatic nitrogens is 3. The Hall–Kier alpha value is -0.510. The minimum Gasteiger partial charge on any atom is -0.250 e. The van der Waals surface area contributed by atoms with Crippen LogP contribution in [0, 0.1) is 0 Å². The van der Waals surface area contributed by atoms with Crippen LogP contribution in [-0.2, 0) is 19.4 Å². The predicted octanol–water partition coefficient (Wildman–Crippen LogP) is 2.55. The van der Waals surface area contributed by atoms with Crippen molar-refractivity contribution in [2.45, 2.75) is 46.6 Å². The Balaban J connectivity index is 2.47. The molecule has 0 N–H and O–H groups in total. The van der Waals surface area contributed by atoms with Gasteiger partial charge in [0.15, 0.2) is 5.82 Å². The molecule has 0 spiro atoms. The largest absolute Gasteiger partial charge is 0.250 e. The first kappa shape index (κ1) is 12.6. The Morgan fingerprint density at radius 2 is 2.00 bits per heavy atom. The molecule has 0 aliphatic carbocycles. The maximum absolute atomic E-state index is 4.49. The third-order valence-corrected chi connectivity index (χ3v) is 3.27. The monoisotopic (exact) mass is 227 g/mol. The van der Waals surface area contributed by atoms with E-state index in [1.807, 2.05) is 11.8 Å². The van der Waals surface area contributed by atoms with Gasteiger partial charge in [0.2, 0.25) is 0 Å². The Kier molecular flexibility index (Phi) is 5.76. The summed E-state index contributed by atoms with van der Waals surface area (Å²) >= 11 is 1.99. The molecule has 0 atom stereocenters. The zero-order chi connectivity index (χ0) is 11.1. The number of aryl methyl sites for hydroxylation is 3. The normalized spacial score (nSPS) is 10.9. The topological polar surface area (TPSA) is 30.7 Å². The van der Waals surface area contributed by atoms with Gasteiger partial charge in [0, 0.05) is 19.4 Å². The quantitative estimate of drug-likeness (QED) is 0.671. The van der Waals surface area contributed by atoms with Gasteiger partial charge in [-0.3, -0.25) is 0 Å². The van der Waals surface area contributed by atoms with Crippen LogP contribution < -0.4 is 0 Å².